The molecule has 1 rings (SSSR count). The number of pyridine rings is 1. The summed E-state index contributed by atoms with van der Waals surface area (Å²) in [6, 6.07) is 1.58. The fourth-order valence-electron chi connectivity index (χ4n) is 1.54. The Labute approximate surface area is 107 Å². The summed E-state index contributed by atoms with van der Waals surface area (Å²) < 4.78 is 4.96. The Balaban J connectivity index is 2.38. The predicted octanol–water partition coefficient (Wildman–Crippen LogP) is 0.991. The Kier molecular flexibility index (Phi) is 5.93. The molecule has 5 N–H and O–H groups in total. The normalized spacial score (nSPS) is 10.3. The molecule has 1 aromatic rings. The lowest BCUT2D eigenvalue weighted by Crippen LogP contribution is -2.15. The maximum absolute atomic E-state index is 11.1. The number of rotatable bonds is 8. The summed E-state index contributed by atoms with van der Waals surface area (Å²) in [5.41, 5.74) is 11.4. The molecule has 0 bridgehead atoms. The predicted molar refractivity (Wildman–Crippen MR) is 71.4 cm³/mol. The molecule has 18 heavy (non-hydrogen) atoms. The maximum atomic E-state index is 11.1. The lowest BCUT2D eigenvalue weighted by atomic mass is 10.2. The van der Waals surface area contributed by atoms with Crippen molar-refractivity contribution in [3.8, 4) is 0 Å². The number of nitrogens with one attached hydrogen (secondary N) is 1. The van der Waals surface area contributed by atoms with E-state index in [9.17, 15) is 4.79 Å². The summed E-state index contributed by atoms with van der Waals surface area (Å²) in [6.45, 7) is 1.57. The average Bonchev–Trinajstić information content (AvgIpc) is 2.35. The van der Waals surface area contributed by atoms with Gasteiger partial charge in [-0.25, -0.2) is 4.98 Å². The number of hydrogen-bond donors (Lipinski definition) is 3. The molecule has 0 aliphatic rings. The van der Waals surface area contributed by atoms with Crippen molar-refractivity contribution in [2.45, 2.75) is 19.3 Å². The van der Waals surface area contributed by atoms with Crippen LogP contribution in [-0.4, -0.2) is 31.2 Å². The van der Waals surface area contributed by atoms with Gasteiger partial charge < -0.3 is 21.5 Å². The van der Waals surface area contributed by atoms with E-state index in [4.69, 9.17) is 16.2 Å². The topological polar surface area (TPSA) is 103 Å². The number of ether oxygens (including phenoxy) is 1. The van der Waals surface area contributed by atoms with Crippen molar-refractivity contribution in [3.05, 3.63) is 17.8 Å². The van der Waals surface area contributed by atoms with E-state index in [2.05, 4.69) is 10.3 Å². The number of nitrogens with two attached hydrogens (primary N) is 2. The van der Waals surface area contributed by atoms with Gasteiger partial charge in [0.05, 0.1) is 17.4 Å². The molecule has 100 valence electrons. The van der Waals surface area contributed by atoms with Gasteiger partial charge in [-0.15, -0.1) is 0 Å². The summed E-state index contributed by atoms with van der Waals surface area (Å²) in [7, 11) is 1.70. The molecule has 0 fully saturated rings. The SMILES string of the molecule is COCCCCCNc1cc(C(N)=O)c(N)cn1. The smallest absolute Gasteiger partial charge is 0.250 e. The highest BCUT2D eigenvalue weighted by Crippen LogP contribution is 2.14. The zero-order valence-corrected chi connectivity index (χ0v) is 10.6. The number of primary amides is 1. The standard InChI is InChI=1S/C12H20N4O2/c1-18-6-4-2-3-5-15-11-7-9(12(14)17)10(13)8-16-11/h7-8H,2-6,13H2,1H3,(H2,14,17)(H,15,16). The van der Waals surface area contributed by atoms with Crippen molar-refractivity contribution in [2.24, 2.45) is 5.73 Å². The van der Waals surface area contributed by atoms with E-state index in [1.54, 1.807) is 13.2 Å². The molecular formula is C12H20N4O2. The third-order valence-electron chi connectivity index (χ3n) is 2.53. The molecule has 0 saturated heterocycles. The van der Waals surface area contributed by atoms with Gasteiger partial charge in [0, 0.05) is 20.3 Å². The highest BCUT2D eigenvalue weighted by Gasteiger charge is 2.07. The lowest BCUT2D eigenvalue weighted by molar-refractivity contribution is 0.100. The first-order valence-corrected chi connectivity index (χ1v) is 5.93. The Bertz CT molecular complexity index is 396. The van der Waals surface area contributed by atoms with Crippen molar-refractivity contribution in [1.29, 1.82) is 0 Å². The summed E-state index contributed by atoms with van der Waals surface area (Å²) in [5.74, 6) is 0.0720. The van der Waals surface area contributed by atoms with Crippen LogP contribution in [0.5, 0.6) is 0 Å². The minimum absolute atomic E-state index is 0.298. The van der Waals surface area contributed by atoms with Gasteiger partial charge in [0.25, 0.3) is 5.91 Å². The van der Waals surface area contributed by atoms with E-state index in [-0.39, 0.29) is 0 Å². The van der Waals surface area contributed by atoms with Gasteiger partial charge in [-0.2, -0.15) is 0 Å². The van der Waals surface area contributed by atoms with Crippen LogP contribution in [0.1, 0.15) is 29.6 Å². The number of amides is 1. The molecule has 1 amide bonds. The molecule has 0 unspecified atom stereocenters. The second-order valence-corrected chi connectivity index (χ2v) is 4.00. The Morgan fingerprint density at radius 2 is 2.22 bits per heavy atom. The van der Waals surface area contributed by atoms with E-state index >= 15 is 0 Å². The zero-order valence-electron chi connectivity index (χ0n) is 10.6. The van der Waals surface area contributed by atoms with Crippen molar-refractivity contribution >= 4 is 17.4 Å². The van der Waals surface area contributed by atoms with Crippen LogP contribution in [0.2, 0.25) is 0 Å². The monoisotopic (exact) mass is 252 g/mol. The number of nitrogen functional groups attached to an aromatic ring is 1. The third-order valence-corrected chi connectivity index (χ3v) is 2.53. The number of carbonyl (C=O) groups excluding carboxylic acids is 1. The van der Waals surface area contributed by atoms with Crippen LogP contribution < -0.4 is 16.8 Å². The number of hydrogen-bond acceptors (Lipinski definition) is 5. The van der Waals surface area contributed by atoms with Crippen molar-refractivity contribution < 1.29 is 9.53 Å². The number of anilines is 2. The quantitative estimate of drug-likeness (QED) is 0.599. The Hall–Kier alpha value is -1.82. The molecule has 0 radical (unpaired) electrons. The van der Waals surface area contributed by atoms with E-state index in [0.717, 1.165) is 32.4 Å². The molecule has 0 aromatic carbocycles. The van der Waals surface area contributed by atoms with Gasteiger partial charge in [-0.3, -0.25) is 4.79 Å². The van der Waals surface area contributed by atoms with Gasteiger partial charge >= 0.3 is 0 Å². The van der Waals surface area contributed by atoms with Gasteiger partial charge in [-0.1, -0.05) is 0 Å². The second kappa shape index (κ2) is 7.50. The first-order valence-electron chi connectivity index (χ1n) is 5.93. The number of methoxy groups -OCH3 is 1. The molecule has 0 saturated carbocycles. The first kappa shape index (κ1) is 14.2. The fourth-order valence-corrected chi connectivity index (χ4v) is 1.54. The molecule has 0 aliphatic carbocycles. The molecule has 0 atom stereocenters. The van der Waals surface area contributed by atoms with Gasteiger partial charge in [-0.05, 0) is 25.3 Å². The van der Waals surface area contributed by atoms with Crippen LogP contribution in [0, 0.1) is 0 Å². The molecule has 1 heterocycles. The van der Waals surface area contributed by atoms with Crippen LogP contribution >= 0.6 is 0 Å². The minimum atomic E-state index is -0.543. The molecule has 1 aromatic heterocycles. The Morgan fingerprint density at radius 3 is 2.89 bits per heavy atom. The summed E-state index contributed by atoms with van der Waals surface area (Å²) in [6.07, 6.45) is 4.58. The van der Waals surface area contributed by atoms with Gasteiger partial charge in [0.2, 0.25) is 0 Å². The Morgan fingerprint density at radius 1 is 1.44 bits per heavy atom. The van der Waals surface area contributed by atoms with E-state index in [1.165, 1.54) is 6.20 Å². The summed E-state index contributed by atoms with van der Waals surface area (Å²) in [5, 5.41) is 3.13. The largest absolute Gasteiger partial charge is 0.397 e. The summed E-state index contributed by atoms with van der Waals surface area (Å²) in [4.78, 5) is 15.2. The fraction of sp³-hybridized carbons (Fsp3) is 0.500. The van der Waals surface area contributed by atoms with Crippen LogP contribution in [0.3, 0.4) is 0 Å². The number of unbranched alkanes of at least 4 members (excludes halogenated alkanes) is 2. The lowest BCUT2D eigenvalue weighted by Gasteiger charge is -2.07. The average molecular weight is 252 g/mol. The van der Waals surface area contributed by atoms with Crippen LogP contribution in [0.15, 0.2) is 12.3 Å². The van der Waals surface area contributed by atoms with E-state index < -0.39 is 5.91 Å². The van der Waals surface area contributed by atoms with Crippen molar-refractivity contribution in [2.75, 3.05) is 31.3 Å². The molecule has 6 nitrogen and oxygen atoms in total. The zero-order chi connectivity index (χ0) is 13.4. The highest BCUT2D eigenvalue weighted by molar-refractivity contribution is 5.98. The van der Waals surface area contributed by atoms with Crippen LogP contribution in [-0.2, 0) is 4.74 Å². The van der Waals surface area contributed by atoms with E-state index in [0.29, 0.717) is 17.1 Å². The summed E-state index contributed by atoms with van der Waals surface area (Å²) >= 11 is 0. The van der Waals surface area contributed by atoms with E-state index in [1.807, 2.05) is 0 Å². The number of carbonyl (C=O) groups is 1. The second-order valence-electron chi connectivity index (χ2n) is 4.00. The number of aromatic nitrogens is 1. The third kappa shape index (κ3) is 4.58. The first-order chi connectivity index (χ1) is 8.65. The maximum Gasteiger partial charge on any atom is 0.250 e. The van der Waals surface area contributed by atoms with Crippen molar-refractivity contribution in [3.63, 3.8) is 0 Å². The molecule has 0 aliphatic heterocycles. The van der Waals surface area contributed by atoms with Gasteiger partial charge in [0.15, 0.2) is 0 Å². The molecular weight excluding hydrogens is 232 g/mol. The molecule has 6 heteroatoms. The van der Waals surface area contributed by atoms with Crippen LogP contribution in [0.4, 0.5) is 11.5 Å². The molecule has 0 spiro atoms. The van der Waals surface area contributed by atoms with Gasteiger partial charge in [0.1, 0.15) is 5.82 Å². The number of nitrogens with zero attached hydrogens (tertiary/aromatic N) is 1. The van der Waals surface area contributed by atoms with Crippen LogP contribution in [0.25, 0.3) is 0 Å². The highest BCUT2D eigenvalue weighted by atomic mass is 16.5. The minimum Gasteiger partial charge on any atom is -0.397 e. The van der Waals surface area contributed by atoms with Crippen molar-refractivity contribution in [1.82, 2.24) is 4.98 Å².